The molecule has 4 nitrogen and oxygen atoms in total. The highest BCUT2D eigenvalue weighted by molar-refractivity contribution is 7.98. The molecule has 0 saturated carbocycles. The second-order valence-corrected chi connectivity index (χ2v) is 7.38. The van der Waals surface area contributed by atoms with Crippen LogP contribution in [0.25, 0.3) is 0 Å². The molecule has 6 heteroatoms. The highest BCUT2D eigenvalue weighted by Gasteiger charge is 2.11. The summed E-state index contributed by atoms with van der Waals surface area (Å²) in [4.78, 5) is 13.4. The zero-order valence-corrected chi connectivity index (χ0v) is 13.3. The van der Waals surface area contributed by atoms with Gasteiger partial charge in [-0.25, -0.2) is 8.42 Å². The number of hydrogen-bond donors (Lipinski definition) is 1. The zero-order valence-electron chi connectivity index (χ0n) is 11.7. The molecule has 2 aromatic carbocycles. The van der Waals surface area contributed by atoms with Crippen molar-refractivity contribution >= 4 is 33.2 Å². The fourth-order valence-corrected chi connectivity index (χ4v) is 2.82. The third kappa shape index (κ3) is 4.09. The normalized spacial score (nSPS) is 11.1. The minimum atomic E-state index is -3.32. The number of amides is 1. The largest absolute Gasteiger partial charge is 0.322 e. The van der Waals surface area contributed by atoms with Crippen LogP contribution < -0.4 is 5.32 Å². The van der Waals surface area contributed by atoms with Crippen molar-refractivity contribution in [2.24, 2.45) is 0 Å². The van der Waals surface area contributed by atoms with Gasteiger partial charge in [-0.3, -0.25) is 4.79 Å². The number of carbonyl (C=O) groups excluding carboxylic acids is 1. The maximum absolute atomic E-state index is 12.1. The number of rotatable bonds is 4. The van der Waals surface area contributed by atoms with Gasteiger partial charge in [0.1, 0.15) is 0 Å². The van der Waals surface area contributed by atoms with E-state index in [1.807, 2.05) is 30.5 Å². The molecule has 0 bridgehead atoms. The first-order valence-electron chi connectivity index (χ1n) is 6.15. The number of benzene rings is 2. The van der Waals surface area contributed by atoms with Crippen molar-refractivity contribution in [3.05, 3.63) is 54.1 Å². The molecule has 0 aliphatic rings. The fraction of sp³-hybridized carbons (Fsp3) is 0.133. The molecule has 0 aliphatic heterocycles. The van der Waals surface area contributed by atoms with Crippen LogP contribution in [0.15, 0.2) is 58.3 Å². The van der Waals surface area contributed by atoms with E-state index in [1.54, 1.807) is 23.9 Å². The van der Waals surface area contributed by atoms with Crippen LogP contribution in [0, 0.1) is 0 Å². The molecule has 0 aromatic heterocycles. The van der Waals surface area contributed by atoms with Crippen LogP contribution in [0.1, 0.15) is 10.4 Å². The first-order chi connectivity index (χ1) is 9.90. The third-order valence-electron chi connectivity index (χ3n) is 2.87. The lowest BCUT2D eigenvalue weighted by Gasteiger charge is -2.07. The molecule has 1 amide bonds. The Morgan fingerprint density at radius 1 is 1.10 bits per heavy atom. The van der Waals surface area contributed by atoms with Gasteiger partial charge in [0.05, 0.1) is 4.90 Å². The van der Waals surface area contributed by atoms with Crippen molar-refractivity contribution in [1.82, 2.24) is 0 Å². The van der Waals surface area contributed by atoms with Gasteiger partial charge in [-0.1, -0.05) is 6.07 Å². The summed E-state index contributed by atoms with van der Waals surface area (Å²) in [5.74, 6) is -0.336. The van der Waals surface area contributed by atoms with Crippen LogP contribution in [0.4, 0.5) is 5.69 Å². The second kappa shape index (κ2) is 6.32. The molecule has 0 unspecified atom stereocenters. The Hall–Kier alpha value is -1.79. The molecular formula is C15H15NO3S2. The molecule has 0 saturated heterocycles. The minimum Gasteiger partial charge on any atom is -0.322 e. The summed E-state index contributed by atoms with van der Waals surface area (Å²) in [5.41, 5.74) is 0.981. The molecule has 0 radical (unpaired) electrons. The molecule has 0 fully saturated rings. The van der Waals surface area contributed by atoms with E-state index in [1.165, 1.54) is 12.1 Å². The topological polar surface area (TPSA) is 63.2 Å². The maximum atomic E-state index is 12.1. The molecule has 0 heterocycles. The minimum absolute atomic E-state index is 0.132. The lowest BCUT2D eigenvalue weighted by atomic mass is 10.2. The van der Waals surface area contributed by atoms with Gasteiger partial charge in [-0.2, -0.15) is 0 Å². The molecule has 21 heavy (non-hydrogen) atoms. The molecule has 1 N–H and O–H groups in total. The van der Waals surface area contributed by atoms with Gasteiger partial charge >= 0.3 is 0 Å². The van der Waals surface area contributed by atoms with E-state index >= 15 is 0 Å². The lowest BCUT2D eigenvalue weighted by molar-refractivity contribution is 0.102. The molecular weight excluding hydrogens is 306 g/mol. The van der Waals surface area contributed by atoms with Crippen LogP contribution in [-0.4, -0.2) is 26.8 Å². The Morgan fingerprint density at radius 3 is 2.33 bits per heavy atom. The second-order valence-electron chi connectivity index (χ2n) is 4.48. The monoisotopic (exact) mass is 321 g/mol. The summed E-state index contributed by atoms with van der Waals surface area (Å²) in [6, 6.07) is 13.4. The highest BCUT2D eigenvalue weighted by atomic mass is 32.2. The quantitative estimate of drug-likeness (QED) is 0.879. The third-order valence-corrected chi connectivity index (χ3v) is 4.73. The fourth-order valence-electron chi connectivity index (χ4n) is 1.75. The number of carbonyl (C=O) groups is 1. The Labute approximate surface area is 128 Å². The summed E-state index contributed by atoms with van der Waals surface area (Å²) in [6.07, 6.45) is 3.09. The van der Waals surface area contributed by atoms with Crippen LogP contribution >= 0.6 is 11.8 Å². The van der Waals surface area contributed by atoms with E-state index in [9.17, 15) is 13.2 Å². The number of hydrogen-bond acceptors (Lipinski definition) is 4. The molecule has 2 aromatic rings. The summed E-state index contributed by atoms with van der Waals surface area (Å²) in [7, 11) is -3.32. The Bertz CT molecular complexity index is 753. The molecule has 110 valence electrons. The first kappa shape index (κ1) is 15.6. The average Bonchev–Trinajstić information content (AvgIpc) is 2.47. The number of thioether (sulfide) groups is 1. The van der Waals surface area contributed by atoms with Gasteiger partial charge in [0.2, 0.25) is 0 Å². The Kier molecular flexibility index (Phi) is 4.69. The summed E-state index contributed by atoms with van der Waals surface area (Å²) in [5, 5.41) is 2.75. The van der Waals surface area contributed by atoms with E-state index < -0.39 is 9.84 Å². The maximum Gasteiger partial charge on any atom is 0.255 e. The van der Waals surface area contributed by atoms with Crippen molar-refractivity contribution in [2.75, 3.05) is 17.8 Å². The van der Waals surface area contributed by atoms with E-state index in [-0.39, 0.29) is 10.8 Å². The Balaban J connectivity index is 2.20. The van der Waals surface area contributed by atoms with Crippen molar-refractivity contribution in [1.29, 1.82) is 0 Å². The predicted octanol–water partition coefficient (Wildman–Crippen LogP) is 3.06. The zero-order chi connectivity index (χ0) is 15.5. The summed E-state index contributed by atoms with van der Waals surface area (Å²) < 4.78 is 23.0. The van der Waals surface area contributed by atoms with Gasteiger partial charge in [-0.05, 0) is 48.7 Å². The predicted molar refractivity (Wildman–Crippen MR) is 85.7 cm³/mol. The van der Waals surface area contributed by atoms with E-state index in [0.717, 1.165) is 11.2 Å². The van der Waals surface area contributed by atoms with E-state index in [0.29, 0.717) is 11.3 Å². The summed E-state index contributed by atoms with van der Waals surface area (Å²) in [6.45, 7) is 0. The van der Waals surface area contributed by atoms with Gasteiger partial charge in [0.15, 0.2) is 9.84 Å². The number of anilines is 1. The molecule has 0 aliphatic carbocycles. The lowest BCUT2D eigenvalue weighted by Crippen LogP contribution is -2.12. The summed E-state index contributed by atoms with van der Waals surface area (Å²) >= 11 is 1.62. The van der Waals surface area contributed by atoms with Gasteiger partial charge in [-0.15, -0.1) is 11.8 Å². The van der Waals surface area contributed by atoms with Crippen LogP contribution in [0.2, 0.25) is 0 Å². The highest BCUT2D eigenvalue weighted by Crippen LogP contribution is 2.18. The van der Waals surface area contributed by atoms with Crippen LogP contribution in [0.3, 0.4) is 0 Å². The molecule has 2 rings (SSSR count). The van der Waals surface area contributed by atoms with E-state index in [4.69, 9.17) is 0 Å². The van der Waals surface area contributed by atoms with Crippen LogP contribution in [-0.2, 0) is 9.84 Å². The van der Waals surface area contributed by atoms with Crippen molar-refractivity contribution < 1.29 is 13.2 Å². The number of sulfone groups is 1. The van der Waals surface area contributed by atoms with E-state index in [2.05, 4.69) is 5.32 Å². The average molecular weight is 321 g/mol. The van der Waals surface area contributed by atoms with Gasteiger partial charge in [0.25, 0.3) is 5.91 Å². The molecule has 0 spiro atoms. The van der Waals surface area contributed by atoms with Gasteiger partial charge < -0.3 is 5.32 Å². The van der Waals surface area contributed by atoms with Crippen molar-refractivity contribution in [3.63, 3.8) is 0 Å². The molecule has 0 atom stereocenters. The standard InChI is InChI=1S/C15H15NO3S2/c1-20-13-8-6-12(7-9-13)16-15(17)11-4-3-5-14(10-11)21(2,18)19/h3-10H,1-2H3,(H,16,17). The first-order valence-corrected chi connectivity index (χ1v) is 9.27. The van der Waals surface area contributed by atoms with Crippen molar-refractivity contribution in [3.8, 4) is 0 Å². The SMILES string of the molecule is CSc1ccc(NC(=O)c2cccc(S(C)(=O)=O)c2)cc1. The van der Waals surface area contributed by atoms with Gasteiger partial charge in [0, 0.05) is 22.4 Å². The Morgan fingerprint density at radius 2 is 1.76 bits per heavy atom. The van der Waals surface area contributed by atoms with Crippen LogP contribution in [0.5, 0.6) is 0 Å². The smallest absolute Gasteiger partial charge is 0.255 e. The number of nitrogens with one attached hydrogen (secondary N) is 1. The van der Waals surface area contributed by atoms with Crippen molar-refractivity contribution in [2.45, 2.75) is 9.79 Å².